The van der Waals surface area contributed by atoms with Crippen molar-refractivity contribution in [1.82, 2.24) is 0 Å². The van der Waals surface area contributed by atoms with Crippen molar-refractivity contribution in [3.05, 3.63) is 88.9 Å². The van der Waals surface area contributed by atoms with E-state index in [1.54, 1.807) is 6.07 Å². The van der Waals surface area contributed by atoms with Crippen LogP contribution in [0.3, 0.4) is 0 Å². The number of nitrogens with one attached hydrogen (secondary N) is 1. The summed E-state index contributed by atoms with van der Waals surface area (Å²) in [5.41, 5.74) is 5.20. The van der Waals surface area contributed by atoms with Crippen LogP contribution in [0.1, 0.15) is 17.5 Å². The lowest BCUT2D eigenvalue weighted by Gasteiger charge is -2.10. The van der Waals surface area contributed by atoms with Crippen molar-refractivity contribution in [3.63, 3.8) is 0 Å². The highest BCUT2D eigenvalue weighted by atomic mass is 35.5. The van der Waals surface area contributed by atoms with Gasteiger partial charge in [-0.2, -0.15) is 0 Å². The zero-order valence-electron chi connectivity index (χ0n) is 16.4. The molecule has 0 aromatic heterocycles. The number of aliphatic imine (C=N–C) groups is 2. The first kappa shape index (κ1) is 20.4. The van der Waals surface area contributed by atoms with Gasteiger partial charge >= 0.3 is 0 Å². The molecule has 30 heavy (non-hydrogen) atoms. The molecule has 1 aliphatic rings. The number of fused-ring (bicyclic) bond motifs is 1. The quantitative estimate of drug-likeness (QED) is 0.505. The minimum atomic E-state index is -0.120. The molecule has 1 N–H and O–H groups in total. The summed E-state index contributed by atoms with van der Waals surface area (Å²) >= 11 is 7.71. The number of rotatable bonds is 4. The van der Waals surface area contributed by atoms with Crippen LogP contribution in [0.15, 0.2) is 82.8 Å². The van der Waals surface area contributed by atoms with Crippen LogP contribution in [-0.2, 0) is 4.79 Å². The lowest BCUT2D eigenvalue weighted by molar-refractivity contribution is -0.113. The van der Waals surface area contributed by atoms with Gasteiger partial charge < -0.3 is 5.32 Å². The summed E-state index contributed by atoms with van der Waals surface area (Å²) in [5.74, 6) is 0.124. The molecule has 150 valence electrons. The largest absolute Gasteiger partial charge is 0.324 e. The fraction of sp³-hybridized carbons (Fsp3) is 0.125. The van der Waals surface area contributed by atoms with Crippen molar-refractivity contribution < 1.29 is 4.79 Å². The van der Waals surface area contributed by atoms with Gasteiger partial charge in [-0.1, -0.05) is 66.2 Å². The molecule has 1 aliphatic heterocycles. The second-order valence-electron chi connectivity index (χ2n) is 6.87. The molecule has 0 atom stereocenters. The van der Waals surface area contributed by atoms with Crippen LogP contribution < -0.4 is 5.32 Å². The number of amides is 1. The number of benzene rings is 3. The van der Waals surface area contributed by atoms with Gasteiger partial charge in [-0.3, -0.25) is 9.79 Å². The van der Waals surface area contributed by atoms with Crippen LogP contribution in [0.5, 0.6) is 0 Å². The fourth-order valence-electron chi connectivity index (χ4n) is 3.11. The second kappa shape index (κ2) is 9.28. The predicted molar refractivity (Wildman–Crippen MR) is 128 cm³/mol. The molecule has 0 unspecified atom stereocenters. The molecule has 1 amide bonds. The van der Waals surface area contributed by atoms with E-state index in [1.807, 2.05) is 73.7 Å². The second-order valence-corrected chi connectivity index (χ2v) is 8.30. The highest BCUT2D eigenvalue weighted by Crippen LogP contribution is 2.33. The highest BCUT2D eigenvalue weighted by molar-refractivity contribution is 8.14. The molecule has 0 fully saturated rings. The third-order valence-electron chi connectivity index (χ3n) is 4.64. The van der Waals surface area contributed by atoms with E-state index in [1.165, 1.54) is 11.8 Å². The van der Waals surface area contributed by atoms with E-state index >= 15 is 0 Å². The maximum atomic E-state index is 12.5. The van der Waals surface area contributed by atoms with Crippen LogP contribution >= 0.6 is 23.4 Å². The summed E-state index contributed by atoms with van der Waals surface area (Å²) in [6.45, 7) is 1.91. The Hall–Kier alpha value is -2.89. The number of carbonyl (C=O) groups excluding carboxylic acids is 1. The van der Waals surface area contributed by atoms with Gasteiger partial charge in [-0.25, -0.2) is 4.99 Å². The smallest absolute Gasteiger partial charge is 0.234 e. The van der Waals surface area contributed by atoms with Crippen LogP contribution in [0, 0.1) is 6.92 Å². The molecular weight excluding hydrogens is 414 g/mol. The maximum Gasteiger partial charge on any atom is 0.234 e. The zero-order valence-corrected chi connectivity index (χ0v) is 18.0. The molecule has 4 nitrogen and oxygen atoms in total. The molecule has 1 heterocycles. The summed E-state index contributed by atoms with van der Waals surface area (Å²) in [6.07, 6.45) is 0.571. The van der Waals surface area contributed by atoms with Crippen molar-refractivity contribution in [2.45, 2.75) is 13.3 Å². The van der Waals surface area contributed by atoms with Gasteiger partial charge in [0.15, 0.2) is 0 Å². The lowest BCUT2D eigenvalue weighted by atomic mass is 10.1. The molecule has 0 aliphatic carbocycles. The fourth-order valence-corrected chi connectivity index (χ4v) is 4.06. The maximum absolute atomic E-state index is 12.5. The molecule has 3 aromatic carbocycles. The SMILES string of the molecule is Cc1cccc(NC(=O)CSC2=Nc3ccccc3N=C(c3ccccc3)C2)c1Cl. The Kier molecular flexibility index (Phi) is 6.31. The first-order valence-corrected chi connectivity index (χ1v) is 10.9. The Balaban J connectivity index is 1.52. The number of nitrogens with zero attached hydrogens (tertiary/aromatic N) is 2. The molecule has 3 aromatic rings. The molecule has 0 saturated heterocycles. The Labute approximate surface area is 185 Å². The number of hydrogen-bond donors (Lipinski definition) is 1. The number of anilines is 1. The Bertz CT molecular complexity index is 1140. The Morgan fingerprint density at radius 2 is 1.67 bits per heavy atom. The number of thioether (sulfide) groups is 1. The van der Waals surface area contributed by atoms with Crippen LogP contribution in [0.2, 0.25) is 5.02 Å². The summed E-state index contributed by atoms with van der Waals surface area (Å²) in [6, 6.07) is 23.5. The molecular formula is C24H20ClN3OS. The van der Waals surface area contributed by atoms with Crippen molar-refractivity contribution in [2.75, 3.05) is 11.1 Å². The van der Waals surface area contributed by atoms with Gasteiger partial charge in [0.2, 0.25) is 5.91 Å². The van der Waals surface area contributed by atoms with Crippen LogP contribution in [-0.4, -0.2) is 22.4 Å². The Morgan fingerprint density at radius 1 is 0.967 bits per heavy atom. The van der Waals surface area contributed by atoms with Gasteiger partial charge in [-0.05, 0) is 36.2 Å². The zero-order chi connectivity index (χ0) is 20.9. The highest BCUT2D eigenvalue weighted by Gasteiger charge is 2.17. The number of para-hydroxylation sites is 2. The van der Waals surface area contributed by atoms with E-state index in [0.29, 0.717) is 17.1 Å². The minimum absolute atomic E-state index is 0.120. The third-order valence-corrected chi connectivity index (χ3v) is 6.12. The predicted octanol–water partition coefficient (Wildman–Crippen LogP) is 6.57. The van der Waals surface area contributed by atoms with E-state index in [-0.39, 0.29) is 11.7 Å². The first-order chi connectivity index (χ1) is 14.6. The van der Waals surface area contributed by atoms with Crippen molar-refractivity contribution in [2.24, 2.45) is 9.98 Å². The molecule has 0 radical (unpaired) electrons. The summed E-state index contributed by atoms with van der Waals surface area (Å²) in [5, 5.41) is 4.31. The van der Waals surface area contributed by atoms with Crippen molar-refractivity contribution >= 4 is 57.1 Å². The number of aryl methyl sites for hydroxylation is 1. The third kappa shape index (κ3) is 4.81. The topological polar surface area (TPSA) is 53.8 Å². The number of carbonyl (C=O) groups is 1. The molecule has 0 saturated carbocycles. The average Bonchev–Trinajstić information content (AvgIpc) is 2.95. The standard InChI is InChI=1S/C24H20ClN3OS/c1-16-8-7-13-20(24(16)25)27-22(29)15-30-23-14-21(17-9-3-2-4-10-17)26-18-11-5-6-12-19(18)28-23/h2-13H,14-15H2,1H3,(H,27,29). The number of halogens is 1. The van der Waals surface area contributed by atoms with E-state index in [4.69, 9.17) is 21.6 Å². The normalized spacial score (nSPS) is 13.0. The monoisotopic (exact) mass is 433 g/mol. The van der Waals surface area contributed by atoms with Crippen molar-refractivity contribution in [3.8, 4) is 0 Å². The van der Waals surface area contributed by atoms with E-state index in [2.05, 4.69) is 5.32 Å². The van der Waals surface area contributed by atoms with Gasteiger partial charge in [0, 0.05) is 6.42 Å². The summed E-state index contributed by atoms with van der Waals surface area (Å²) in [4.78, 5) is 22.2. The van der Waals surface area contributed by atoms with Gasteiger partial charge in [0.25, 0.3) is 0 Å². The molecule has 0 spiro atoms. The average molecular weight is 434 g/mol. The van der Waals surface area contributed by atoms with E-state index in [9.17, 15) is 4.79 Å². The van der Waals surface area contributed by atoms with Crippen molar-refractivity contribution in [1.29, 1.82) is 0 Å². The summed E-state index contributed by atoms with van der Waals surface area (Å²) in [7, 11) is 0. The minimum Gasteiger partial charge on any atom is -0.324 e. The van der Waals surface area contributed by atoms with E-state index in [0.717, 1.165) is 33.3 Å². The van der Waals surface area contributed by atoms with Crippen LogP contribution in [0.4, 0.5) is 17.1 Å². The first-order valence-electron chi connectivity index (χ1n) is 9.57. The molecule has 4 rings (SSSR count). The molecule has 6 heteroatoms. The number of hydrogen-bond acceptors (Lipinski definition) is 4. The van der Waals surface area contributed by atoms with Crippen LogP contribution in [0.25, 0.3) is 0 Å². The molecule has 0 bridgehead atoms. The van der Waals surface area contributed by atoms with E-state index < -0.39 is 0 Å². The lowest BCUT2D eigenvalue weighted by Crippen LogP contribution is -2.16. The van der Waals surface area contributed by atoms with Gasteiger partial charge in [-0.15, -0.1) is 11.8 Å². The van der Waals surface area contributed by atoms with Gasteiger partial charge in [0.1, 0.15) is 0 Å². The van der Waals surface area contributed by atoms with Gasteiger partial charge in [0.05, 0.1) is 38.6 Å². The Morgan fingerprint density at radius 3 is 2.43 bits per heavy atom. The summed E-state index contributed by atoms with van der Waals surface area (Å²) < 4.78 is 0.